The van der Waals surface area contributed by atoms with Crippen molar-refractivity contribution < 1.29 is 15.4 Å². The van der Waals surface area contributed by atoms with Crippen LogP contribution in [0.3, 0.4) is 0 Å². The van der Waals surface area contributed by atoms with E-state index in [1.165, 1.54) is 5.06 Å². The molecule has 22 heavy (non-hydrogen) atoms. The molecule has 1 heterocycles. The van der Waals surface area contributed by atoms with E-state index in [4.69, 9.17) is 0 Å². The Bertz CT molecular complexity index is 480. The summed E-state index contributed by atoms with van der Waals surface area (Å²) >= 11 is 0. The topological polar surface area (TPSA) is 63.9 Å². The van der Waals surface area contributed by atoms with Crippen LogP contribution in [-0.2, 0) is 0 Å². The minimum atomic E-state index is -0.551. The van der Waals surface area contributed by atoms with Crippen molar-refractivity contribution in [3.63, 3.8) is 0 Å². The Morgan fingerprint density at radius 1 is 1.14 bits per heavy atom. The Kier molecular flexibility index (Phi) is 4.83. The summed E-state index contributed by atoms with van der Waals surface area (Å²) in [7, 11) is 0. The molecule has 0 radical (unpaired) electrons. The van der Waals surface area contributed by atoms with Gasteiger partial charge in [0.15, 0.2) is 0 Å². The molecule has 0 amide bonds. The monoisotopic (exact) mass is 305 g/mol. The Hall–Kier alpha value is -0.940. The van der Waals surface area contributed by atoms with Crippen LogP contribution in [0.2, 0.25) is 0 Å². The van der Waals surface area contributed by atoms with Gasteiger partial charge in [-0.15, -0.1) is 0 Å². The fourth-order valence-corrected chi connectivity index (χ4v) is 4.55. The summed E-state index contributed by atoms with van der Waals surface area (Å²) in [4.78, 5) is 0. The molecule has 2 aliphatic rings. The standard InChI is InChI=1S/C18H27NO3/c20-13-15-8-4-10-18(15)11-5-9-16(19(18)22)12-17(21)14-6-2-1-3-7-14/h1-3,6-7,15-17,20-22H,4-5,8-13H2/t15-,16?,17?,18?/m1/s1. The van der Waals surface area contributed by atoms with E-state index in [0.717, 1.165) is 44.1 Å². The highest BCUT2D eigenvalue weighted by atomic mass is 16.5. The van der Waals surface area contributed by atoms with Crippen molar-refractivity contribution in [2.45, 2.75) is 62.6 Å². The molecule has 1 saturated heterocycles. The first-order valence-electron chi connectivity index (χ1n) is 8.49. The van der Waals surface area contributed by atoms with Crippen molar-refractivity contribution in [1.82, 2.24) is 5.06 Å². The van der Waals surface area contributed by atoms with Crippen LogP contribution in [0.5, 0.6) is 0 Å². The zero-order valence-electron chi connectivity index (χ0n) is 13.1. The second-order valence-corrected chi connectivity index (χ2v) is 6.93. The molecule has 4 nitrogen and oxygen atoms in total. The van der Waals surface area contributed by atoms with Gasteiger partial charge in [-0.3, -0.25) is 0 Å². The van der Waals surface area contributed by atoms with Crippen LogP contribution in [0.1, 0.15) is 56.6 Å². The van der Waals surface area contributed by atoms with Crippen molar-refractivity contribution in [2.24, 2.45) is 5.92 Å². The van der Waals surface area contributed by atoms with E-state index < -0.39 is 6.10 Å². The lowest BCUT2D eigenvalue weighted by Crippen LogP contribution is -2.57. The average molecular weight is 305 g/mol. The molecule has 4 heteroatoms. The summed E-state index contributed by atoms with van der Waals surface area (Å²) in [5, 5.41) is 32.5. The fraction of sp³-hybridized carbons (Fsp3) is 0.667. The van der Waals surface area contributed by atoms with Crippen molar-refractivity contribution in [3.05, 3.63) is 35.9 Å². The highest BCUT2D eigenvalue weighted by Crippen LogP contribution is 2.47. The summed E-state index contributed by atoms with van der Waals surface area (Å²) in [6, 6.07) is 9.62. The molecular weight excluding hydrogens is 278 g/mol. The van der Waals surface area contributed by atoms with E-state index in [2.05, 4.69) is 0 Å². The van der Waals surface area contributed by atoms with Crippen molar-refractivity contribution in [3.8, 4) is 0 Å². The second-order valence-electron chi connectivity index (χ2n) is 6.93. The Morgan fingerprint density at radius 2 is 1.82 bits per heavy atom. The zero-order chi connectivity index (χ0) is 15.6. The smallest absolute Gasteiger partial charge is 0.0805 e. The summed E-state index contributed by atoms with van der Waals surface area (Å²) in [6.45, 7) is 0.144. The van der Waals surface area contributed by atoms with Crippen LogP contribution in [-0.4, -0.2) is 38.7 Å². The third kappa shape index (κ3) is 2.81. The first-order valence-corrected chi connectivity index (χ1v) is 8.49. The lowest BCUT2D eigenvalue weighted by atomic mass is 9.77. The van der Waals surface area contributed by atoms with Crippen molar-refractivity contribution in [2.75, 3.05) is 6.61 Å². The van der Waals surface area contributed by atoms with Crippen LogP contribution in [0.4, 0.5) is 0 Å². The van der Waals surface area contributed by atoms with Crippen LogP contribution < -0.4 is 0 Å². The lowest BCUT2D eigenvalue weighted by Gasteiger charge is -2.49. The number of nitrogens with zero attached hydrogens (tertiary/aromatic N) is 1. The highest BCUT2D eigenvalue weighted by Gasteiger charge is 2.50. The molecular formula is C18H27NO3. The SMILES string of the molecule is OC[C@H]1CCCC12CCCC(CC(O)c1ccccc1)N2O. The van der Waals surface area contributed by atoms with Gasteiger partial charge in [0.25, 0.3) is 0 Å². The van der Waals surface area contributed by atoms with Gasteiger partial charge in [0, 0.05) is 18.6 Å². The number of aliphatic hydroxyl groups is 2. The predicted molar refractivity (Wildman–Crippen MR) is 84.4 cm³/mol. The summed E-state index contributed by atoms with van der Waals surface area (Å²) < 4.78 is 0. The number of hydroxylamine groups is 2. The molecule has 3 unspecified atom stereocenters. The quantitative estimate of drug-likeness (QED) is 0.800. The molecule has 4 atom stereocenters. The van der Waals surface area contributed by atoms with Gasteiger partial charge in [-0.1, -0.05) is 36.8 Å². The van der Waals surface area contributed by atoms with E-state index in [-0.39, 0.29) is 24.1 Å². The van der Waals surface area contributed by atoms with Gasteiger partial charge < -0.3 is 15.4 Å². The van der Waals surface area contributed by atoms with Crippen molar-refractivity contribution in [1.29, 1.82) is 0 Å². The average Bonchev–Trinajstić information content (AvgIpc) is 2.96. The van der Waals surface area contributed by atoms with Gasteiger partial charge in [-0.05, 0) is 44.1 Å². The number of benzene rings is 1. The van der Waals surface area contributed by atoms with E-state index in [1.807, 2.05) is 30.3 Å². The first-order chi connectivity index (χ1) is 10.7. The Balaban J connectivity index is 1.72. The summed E-state index contributed by atoms with van der Waals surface area (Å²) in [5.41, 5.74) is 0.634. The van der Waals surface area contributed by atoms with E-state index in [9.17, 15) is 15.4 Å². The van der Waals surface area contributed by atoms with E-state index >= 15 is 0 Å². The largest absolute Gasteiger partial charge is 0.396 e. The maximum absolute atomic E-state index is 10.8. The summed E-state index contributed by atoms with van der Waals surface area (Å²) in [5.74, 6) is 0.161. The lowest BCUT2D eigenvalue weighted by molar-refractivity contribution is -0.241. The molecule has 122 valence electrons. The Labute approximate surface area is 132 Å². The molecule has 3 N–H and O–H groups in total. The molecule has 1 aliphatic heterocycles. The minimum absolute atomic E-state index is 0.0314. The number of hydrogen-bond acceptors (Lipinski definition) is 4. The third-order valence-electron chi connectivity index (χ3n) is 5.77. The number of hydrogen-bond donors (Lipinski definition) is 3. The van der Waals surface area contributed by atoms with Crippen molar-refractivity contribution >= 4 is 0 Å². The molecule has 0 bridgehead atoms. The number of aliphatic hydroxyl groups excluding tert-OH is 2. The Morgan fingerprint density at radius 3 is 2.50 bits per heavy atom. The second kappa shape index (κ2) is 6.67. The van der Waals surface area contributed by atoms with Gasteiger partial charge in [-0.2, -0.15) is 5.06 Å². The fourth-order valence-electron chi connectivity index (χ4n) is 4.55. The molecule has 3 rings (SSSR count). The highest BCUT2D eigenvalue weighted by molar-refractivity contribution is 5.17. The molecule has 1 aromatic rings. The van der Waals surface area contributed by atoms with Crippen LogP contribution >= 0.6 is 0 Å². The molecule has 0 aromatic heterocycles. The maximum atomic E-state index is 10.8. The molecule has 1 aliphatic carbocycles. The van der Waals surface area contributed by atoms with Gasteiger partial charge in [-0.25, -0.2) is 0 Å². The van der Waals surface area contributed by atoms with Crippen LogP contribution in [0.15, 0.2) is 30.3 Å². The van der Waals surface area contributed by atoms with Gasteiger partial charge in [0.2, 0.25) is 0 Å². The molecule has 1 aromatic carbocycles. The van der Waals surface area contributed by atoms with Crippen LogP contribution in [0.25, 0.3) is 0 Å². The maximum Gasteiger partial charge on any atom is 0.0805 e. The zero-order valence-corrected chi connectivity index (χ0v) is 13.1. The number of piperidine rings is 1. The van der Waals surface area contributed by atoms with E-state index in [1.54, 1.807) is 0 Å². The first kappa shape index (κ1) is 15.9. The van der Waals surface area contributed by atoms with Crippen LogP contribution in [0, 0.1) is 5.92 Å². The summed E-state index contributed by atoms with van der Waals surface area (Å²) in [6.07, 6.45) is 5.90. The van der Waals surface area contributed by atoms with Gasteiger partial charge >= 0.3 is 0 Å². The molecule has 1 spiro atoms. The molecule has 1 saturated carbocycles. The van der Waals surface area contributed by atoms with Gasteiger partial charge in [0.1, 0.15) is 0 Å². The number of rotatable bonds is 4. The van der Waals surface area contributed by atoms with E-state index in [0.29, 0.717) is 6.42 Å². The van der Waals surface area contributed by atoms with Gasteiger partial charge in [0.05, 0.1) is 11.6 Å². The molecule has 2 fully saturated rings. The predicted octanol–water partition coefficient (Wildman–Crippen LogP) is 2.89. The third-order valence-corrected chi connectivity index (χ3v) is 5.77. The normalized spacial score (nSPS) is 34.1. The minimum Gasteiger partial charge on any atom is -0.396 e.